The van der Waals surface area contributed by atoms with Crippen molar-refractivity contribution in [3.8, 4) is 0 Å². The van der Waals surface area contributed by atoms with Crippen LogP contribution in [0.4, 0.5) is 11.4 Å². The van der Waals surface area contributed by atoms with Gasteiger partial charge in [0.25, 0.3) is 5.69 Å². The Balaban J connectivity index is 1.48. The number of nitro groups is 1. The van der Waals surface area contributed by atoms with E-state index in [1.807, 2.05) is 30.3 Å². The number of carbonyl (C=O) groups is 2. The van der Waals surface area contributed by atoms with Crippen molar-refractivity contribution in [1.82, 2.24) is 10.2 Å². The Bertz CT molecular complexity index is 920. The van der Waals surface area contributed by atoms with Gasteiger partial charge in [-0.3, -0.25) is 19.7 Å². The molecule has 30 heavy (non-hydrogen) atoms. The summed E-state index contributed by atoms with van der Waals surface area (Å²) in [5, 5.41) is 13.5. The highest BCUT2D eigenvalue weighted by atomic mass is 16.6. The van der Waals surface area contributed by atoms with Crippen LogP contribution >= 0.6 is 0 Å². The Morgan fingerprint density at radius 2 is 1.67 bits per heavy atom. The summed E-state index contributed by atoms with van der Waals surface area (Å²) >= 11 is 0. The van der Waals surface area contributed by atoms with Gasteiger partial charge in [-0.1, -0.05) is 30.3 Å². The van der Waals surface area contributed by atoms with Crippen molar-refractivity contribution in [2.24, 2.45) is 0 Å². The zero-order valence-electron chi connectivity index (χ0n) is 16.7. The van der Waals surface area contributed by atoms with Crippen molar-refractivity contribution >= 4 is 29.3 Å². The summed E-state index contributed by atoms with van der Waals surface area (Å²) in [6.45, 7) is 3.97. The van der Waals surface area contributed by atoms with E-state index in [4.69, 9.17) is 0 Å². The molecule has 0 aromatic heterocycles. The van der Waals surface area contributed by atoms with Gasteiger partial charge in [0, 0.05) is 50.1 Å². The molecule has 0 bridgehead atoms. The highest BCUT2D eigenvalue weighted by Crippen LogP contribution is 2.20. The maximum Gasteiger partial charge on any atom is 0.269 e. The van der Waals surface area contributed by atoms with Crippen LogP contribution in [0.1, 0.15) is 12.5 Å². The molecule has 1 N–H and O–H groups in total. The van der Waals surface area contributed by atoms with Gasteiger partial charge in [-0.25, -0.2) is 0 Å². The number of nitrogens with zero attached hydrogens (tertiary/aromatic N) is 3. The molecule has 2 aromatic rings. The first-order chi connectivity index (χ1) is 14.4. The third kappa shape index (κ3) is 5.44. The van der Waals surface area contributed by atoms with E-state index in [0.29, 0.717) is 26.2 Å². The van der Waals surface area contributed by atoms with E-state index in [1.54, 1.807) is 30.0 Å². The first kappa shape index (κ1) is 21.0. The fourth-order valence-electron chi connectivity index (χ4n) is 3.30. The van der Waals surface area contributed by atoms with E-state index in [9.17, 15) is 19.7 Å². The molecule has 0 spiro atoms. The minimum Gasteiger partial charge on any atom is -0.368 e. The molecule has 156 valence electrons. The highest BCUT2D eigenvalue weighted by molar-refractivity contribution is 5.95. The van der Waals surface area contributed by atoms with Crippen LogP contribution in [-0.2, 0) is 9.59 Å². The van der Waals surface area contributed by atoms with Crippen molar-refractivity contribution in [1.29, 1.82) is 0 Å². The fraction of sp³-hybridized carbons (Fsp3) is 0.273. The van der Waals surface area contributed by atoms with Crippen molar-refractivity contribution in [2.45, 2.75) is 13.0 Å². The van der Waals surface area contributed by atoms with Crippen molar-refractivity contribution in [2.75, 3.05) is 31.1 Å². The van der Waals surface area contributed by atoms with Gasteiger partial charge >= 0.3 is 0 Å². The van der Waals surface area contributed by atoms with Gasteiger partial charge in [0.1, 0.15) is 6.04 Å². The van der Waals surface area contributed by atoms with Gasteiger partial charge in [-0.05, 0) is 30.7 Å². The molecule has 0 aliphatic carbocycles. The normalized spacial score (nSPS) is 15.1. The average molecular weight is 408 g/mol. The largest absolute Gasteiger partial charge is 0.368 e. The summed E-state index contributed by atoms with van der Waals surface area (Å²) in [6.07, 6.45) is 3.13. The van der Waals surface area contributed by atoms with Crippen molar-refractivity contribution < 1.29 is 14.5 Å². The topological polar surface area (TPSA) is 95.8 Å². The Hall–Kier alpha value is -3.68. The molecule has 2 amide bonds. The third-order valence-electron chi connectivity index (χ3n) is 4.97. The molecule has 1 saturated heterocycles. The molecule has 1 aliphatic rings. The fourth-order valence-corrected chi connectivity index (χ4v) is 3.30. The zero-order valence-corrected chi connectivity index (χ0v) is 16.7. The lowest BCUT2D eigenvalue weighted by molar-refractivity contribution is -0.384. The van der Waals surface area contributed by atoms with Crippen LogP contribution in [0.5, 0.6) is 0 Å². The lowest BCUT2D eigenvalue weighted by Crippen LogP contribution is -2.54. The number of hydrogen-bond donors (Lipinski definition) is 1. The molecule has 0 unspecified atom stereocenters. The summed E-state index contributed by atoms with van der Waals surface area (Å²) in [5.74, 6) is -0.441. The van der Waals surface area contributed by atoms with Gasteiger partial charge in [-0.15, -0.1) is 0 Å². The second-order valence-corrected chi connectivity index (χ2v) is 7.06. The van der Waals surface area contributed by atoms with Crippen molar-refractivity contribution in [3.63, 3.8) is 0 Å². The summed E-state index contributed by atoms with van der Waals surface area (Å²) in [7, 11) is 0. The van der Waals surface area contributed by atoms with Gasteiger partial charge in [0.05, 0.1) is 4.92 Å². The minimum absolute atomic E-state index is 0.0541. The van der Waals surface area contributed by atoms with E-state index >= 15 is 0 Å². The molecule has 3 rings (SSSR count). The molecular formula is C22H24N4O4. The Morgan fingerprint density at radius 3 is 2.27 bits per heavy atom. The quantitative estimate of drug-likeness (QED) is 0.450. The summed E-state index contributed by atoms with van der Waals surface area (Å²) < 4.78 is 0. The standard InChI is InChI=1S/C22H24N4O4/c1-17(23-21(27)12-7-18-5-3-2-4-6-18)22(28)25-15-13-24(14-16-25)19-8-10-20(11-9-19)26(29)30/h2-12,17H,13-16H2,1H3,(H,23,27)/b12-7+/t17-/m0/s1. The molecule has 1 fully saturated rings. The molecule has 2 aromatic carbocycles. The smallest absolute Gasteiger partial charge is 0.269 e. The minimum atomic E-state index is -0.621. The van der Waals surface area contributed by atoms with Crippen LogP contribution in [0, 0.1) is 10.1 Å². The maximum absolute atomic E-state index is 12.7. The van der Waals surface area contributed by atoms with Gasteiger partial charge in [0.15, 0.2) is 0 Å². The highest BCUT2D eigenvalue weighted by Gasteiger charge is 2.25. The number of amides is 2. The number of anilines is 1. The molecule has 1 aliphatic heterocycles. The Labute approximate surface area is 174 Å². The first-order valence-electron chi connectivity index (χ1n) is 9.76. The second-order valence-electron chi connectivity index (χ2n) is 7.06. The van der Waals surface area contributed by atoms with Gasteiger partial charge in [0.2, 0.25) is 11.8 Å². The number of carbonyl (C=O) groups excluding carboxylic acids is 2. The SMILES string of the molecule is C[C@H](NC(=O)/C=C/c1ccccc1)C(=O)N1CCN(c2ccc([N+](=O)[O-])cc2)CC1. The predicted molar refractivity (Wildman–Crippen MR) is 115 cm³/mol. The van der Waals surface area contributed by atoms with E-state index in [2.05, 4.69) is 10.2 Å². The van der Waals surface area contributed by atoms with Crippen LogP contribution in [-0.4, -0.2) is 53.9 Å². The molecule has 8 nitrogen and oxygen atoms in total. The average Bonchev–Trinajstić information content (AvgIpc) is 2.78. The van der Waals surface area contributed by atoms with Crippen LogP contribution in [0.15, 0.2) is 60.7 Å². The third-order valence-corrected chi connectivity index (χ3v) is 4.97. The van der Waals surface area contributed by atoms with E-state index in [0.717, 1.165) is 11.3 Å². The molecule has 0 radical (unpaired) electrons. The van der Waals surface area contributed by atoms with Crippen LogP contribution in [0.3, 0.4) is 0 Å². The van der Waals surface area contributed by atoms with E-state index < -0.39 is 11.0 Å². The number of rotatable bonds is 6. The number of nitrogens with one attached hydrogen (secondary N) is 1. The Morgan fingerprint density at radius 1 is 1.03 bits per heavy atom. The van der Waals surface area contributed by atoms with Crippen LogP contribution in [0.2, 0.25) is 0 Å². The van der Waals surface area contributed by atoms with E-state index in [1.165, 1.54) is 18.2 Å². The molecule has 0 saturated carbocycles. The predicted octanol–water partition coefficient (Wildman–Crippen LogP) is 2.46. The summed E-state index contributed by atoms with van der Waals surface area (Å²) in [4.78, 5) is 38.9. The van der Waals surface area contributed by atoms with Gasteiger partial charge in [-0.2, -0.15) is 0 Å². The molecule has 1 atom stereocenters. The van der Waals surface area contributed by atoms with Crippen LogP contribution < -0.4 is 10.2 Å². The number of nitro benzene ring substituents is 1. The Kier molecular flexibility index (Phi) is 6.79. The number of benzene rings is 2. The van der Waals surface area contributed by atoms with Crippen LogP contribution in [0.25, 0.3) is 6.08 Å². The number of hydrogen-bond acceptors (Lipinski definition) is 5. The molecular weight excluding hydrogens is 384 g/mol. The summed E-state index contributed by atoms with van der Waals surface area (Å²) in [5.41, 5.74) is 1.85. The number of non-ortho nitro benzene ring substituents is 1. The number of piperazine rings is 1. The maximum atomic E-state index is 12.7. The first-order valence-corrected chi connectivity index (χ1v) is 9.76. The molecule has 1 heterocycles. The lowest BCUT2D eigenvalue weighted by atomic mass is 10.2. The monoisotopic (exact) mass is 408 g/mol. The summed E-state index contributed by atoms with van der Waals surface area (Å²) in [6, 6.07) is 15.2. The second kappa shape index (κ2) is 9.69. The zero-order chi connectivity index (χ0) is 21.5. The van der Waals surface area contributed by atoms with Crippen molar-refractivity contribution in [3.05, 3.63) is 76.4 Å². The van der Waals surface area contributed by atoms with E-state index in [-0.39, 0.29) is 17.5 Å². The lowest BCUT2D eigenvalue weighted by Gasteiger charge is -2.37. The molecule has 8 heteroatoms. The van der Waals surface area contributed by atoms with Gasteiger partial charge < -0.3 is 15.1 Å².